The molecule has 2 atom stereocenters. The van der Waals surface area contributed by atoms with Crippen molar-refractivity contribution in [3.8, 4) is 0 Å². The van der Waals surface area contributed by atoms with Gasteiger partial charge in [0.25, 0.3) is 0 Å². The molecule has 0 heterocycles. The Labute approximate surface area is 139 Å². The Morgan fingerprint density at radius 3 is 2.65 bits per heavy atom. The monoisotopic (exact) mass is 316 g/mol. The Kier molecular flexibility index (Phi) is 5.55. The third kappa shape index (κ3) is 4.71. The lowest BCUT2D eigenvalue weighted by molar-refractivity contribution is 0.125. The summed E-state index contributed by atoms with van der Waals surface area (Å²) in [6.07, 6.45) is 5.86. The van der Waals surface area contributed by atoms with E-state index in [0.717, 1.165) is 36.8 Å². The molecule has 3 rings (SSSR count). The summed E-state index contributed by atoms with van der Waals surface area (Å²) < 4.78 is 5.25. The summed E-state index contributed by atoms with van der Waals surface area (Å²) in [5.74, 6) is 1.71. The van der Waals surface area contributed by atoms with Crippen molar-refractivity contribution >= 4 is 6.09 Å². The summed E-state index contributed by atoms with van der Waals surface area (Å²) in [6.45, 7) is 3.84. The zero-order chi connectivity index (χ0) is 16.1. The molecule has 2 fully saturated rings. The number of carbonyl (C=O) groups is 1. The van der Waals surface area contributed by atoms with E-state index in [4.69, 9.17) is 4.74 Å². The number of ether oxygens (including phenoxy) is 1. The van der Waals surface area contributed by atoms with Crippen molar-refractivity contribution in [1.29, 1.82) is 0 Å². The minimum atomic E-state index is -0.304. The third-order valence-electron chi connectivity index (χ3n) is 5.38. The van der Waals surface area contributed by atoms with Crippen LogP contribution in [0, 0.1) is 11.8 Å². The fraction of sp³-hybridized carbons (Fsp3) is 0.632. The van der Waals surface area contributed by atoms with Crippen molar-refractivity contribution in [2.75, 3.05) is 6.54 Å². The first-order valence-corrected chi connectivity index (χ1v) is 8.91. The molecule has 23 heavy (non-hydrogen) atoms. The SMILES string of the molecule is CC1CCCC1CNC1CC(NC(=O)OCc2ccccc2)C1. The molecule has 1 aromatic carbocycles. The first kappa shape index (κ1) is 16.3. The van der Waals surface area contributed by atoms with Crippen LogP contribution >= 0.6 is 0 Å². The van der Waals surface area contributed by atoms with Crippen LogP contribution in [0.1, 0.15) is 44.6 Å². The molecule has 0 saturated heterocycles. The number of alkyl carbamates (subject to hydrolysis) is 1. The van der Waals surface area contributed by atoms with Gasteiger partial charge in [0.15, 0.2) is 0 Å². The van der Waals surface area contributed by atoms with E-state index >= 15 is 0 Å². The highest BCUT2D eigenvalue weighted by molar-refractivity contribution is 5.67. The van der Waals surface area contributed by atoms with Gasteiger partial charge in [-0.05, 0) is 43.2 Å². The topological polar surface area (TPSA) is 50.4 Å². The fourth-order valence-corrected chi connectivity index (χ4v) is 3.68. The van der Waals surface area contributed by atoms with Gasteiger partial charge in [-0.3, -0.25) is 0 Å². The van der Waals surface area contributed by atoms with Gasteiger partial charge >= 0.3 is 6.09 Å². The summed E-state index contributed by atoms with van der Waals surface area (Å²) in [7, 11) is 0. The molecule has 1 amide bonds. The van der Waals surface area contributed by atoms with Crippen LogP contribution in [0.5, 0.6) is 0 Å². The van der Waals surface area contributed by atoms with Gasteiger partial charge in [0.1, 0.15) is 6.61 Å². The van der Waals surface area contributed by atoms with Crippen LogP contribution in [0.4, 0.5) is 4.79 Å². The average Bonchev–Trinajstić information content (AvgIpc) is 2.93. The smallest absolute Gasteiger partial charge is 0.407 e. The second-order valence-corrected chi connectivity index (χ2v) is 7.15. The predicted molar refractivity (Wildman–Crippen MR) is 91.1 cm³/mol. The van der Waals surface area contributed by atoms with Crippen LogP contribution in [-0.2, 0) is 11.3 Å². The van der Waals surface area contributed by atoms with E-state index in [9.17, 15) is 4.79 Å². The maximum absolute atomic E-state index is 11.8. The lowest BCUT2D eigenvalue weighted by Gasteiger charge is -2.37. The molecular weight excluding hydrogens is 288 g/mol. The molecule has 2 unspecified atom stereocenters. The Bertz CT molecular complexity index is 499. The van der Waals surface area contributed by atoms with Gasteiger partial charge in [0, 0.05) is 12.1 Å². The zero-order valence-corrected chi connectivity index (χ0v) is 14.0. The molecule has 2 aliphatic rings. The van der Waals surface area contributed by atoms with Gasteiger partial charge in [-0.15, -0.1) is 0 Å². The average molecular weight is 316 g/mol. The van der Waals surface area contributed by atoms with E-state index in [-0.39, 0.29) is 12.1 Å². The van der Waals surface area contributed by atoms with Crippen LogP contribution in [0.25, 0.3) is 0 Å². The van der Waals surface area contributed by atoms with Gasteiger partial charge in [0.2, 0.25) is 0 Å². The van der Waals surface area contributed by atoms with Gasteiger partial charge in [-0.2, -0.15) is 0 Å². The minimum absolute atomic E-state index is 0.261. The number of hydrogen-bond donors (Lipinski definition) is 2. The minimum Gasteiger partial charge on any atom is -0.445 e. The van der Waals surface area contributed by atoms with Crippen molar-refractivity contribution in [2.24, 2.45) is 11.8 Å². The molecule has 2 aliphatic carbocycles. The molecule has 0 spiro atoms. The van der Waals surface area contributed by atoms with E-state index in [2.05, 4.69) is 17.6 Å². The van der Waals surface area contributed by atoms with E-state index in [1.54, 1.807) is 0 Å². The molecule has 0 radical (unpaired) electrons. The van der Waals surface area contributed by atoms with E-state index in [1.807, 2.05) is 30.3 Å². The van der Waals surface area contributed by atoms with Crippen LogP contribution in [-0.4, -0.2) is 24.7 Å². The molecule has 2 saturated carbocycles. The zero-order valence-electron chi connectivity index (χ0n) is 14.0. The van der Waals surface area contributed by atoms with E-state index in [0.29, 0.717) is 12.6 Å². The first-order valence-electron chi connectivity index (χ1n) is 8.91. The van der Waals surface area contributed by atoms with Gasteiger partial charge in [0.05, 0.1) is 0 Å². The maximum Gasteiger partial charge on any atom is 0.407 e. The highest BCUT2D eigenvalue weighted by Gasteiger charge is 2.32. The lowest BCUT2D eigenvalue weighted by Crippen LogP contribution is -2.53. The first-order chi connectivity index (χ1) is 11.2. The summed E-state index contributed by atoms with van der Waals surface area (Å²) in [5, 5.41) is 6.61. The van der Waals surface area contributed by atoms with Crippen molar-refractivity contribution in [3.63, 3.8) is 0 Å². The fourth-order valence-electron chi connectivity index (χ4n) is 3.68. The van der Waals surface area contributed by atoms with Crippen LogP contribution < -0.4 is 10.6 Å². The molecular formula is C19H28N2O2. The predicted octanol–water partition coefficient (Wildman–Crippen LogP) is 3.47. The second kappa shape index (κ2) is 7.82. The number of nitrogens with one attached hydrogen (secondary N) is 2. The Hall–Kier alpha value is -1.55. The molecule has 0 aromatic heterocycles. The number of carbonyl (C=O) groups excluding carboxylic acids is 1. The summed E-state index contributed by atoms with van der Waals surface area (Å²) in [4.78, 5) is 11.8. The highest BCUT2D eigenvalue weighted by Crippen LogP contribution is 2.31. The lowest BCUT2D eigenvalue weighted by atomic mass is 9.86. The molecule has 1 aromatic rings. The largest absolute Gasteiger partial charge is 0.445 e. The third-order valence-corrected chi connectivity index (χ3v) is 5.38. The Balaban J connectivity index is 1.27. The second-order valence-electron chi connectivity index (χ2n) is 7.15. The maximum atomic E-state index is 11.8. The molecule has 4 heteroatoms. The summed E-state index contributed by atoms with van der Waals surface area (Å²) in [6, 6.07) is 10.6. The van der Waals surface area contributed by atoms with Gasteiger partial charge < -0.3 is 15.4 Å². The molecule has 0 aliphatic heterocycles. The number of benzene rings is 1. The van der Waals surface area contributed by atoms with Crippen LogP contribution in [0.2, 0.25) is 0 Å². The number of amides is 1. The normalized spacial score (nSPS) is 29.8. The molecule has 126 valence electrons. The molecule has 2 N–H and O–H groups in total. The van der Waals surface area contributed by atoms with Crippen LogP contribution in [0.15, 0.2) is 30.3 Å². The standard InChI is InChI=1S/C19H28N2O2/c1-14-6-5-9-16(14)12-20-17-10-18(11-17)21-19(22)23-13-15-7-3-2-4-8-15/h2-4,7-8,14,16-18,20H,5-6,9-13H2,1H3,(H,21,22). The number of hydrogen-bond acceptors (Lipinski definition) is 3. The van der Waals surface area contributed by atoms with Crippen molar-refractivity contribution < 1.29 is 9.53 Å². The molecule has 0 bridgehead atoms. The van der Waals surface area contributed by atoms with Crippen molar-refractivity contribution in [3.05, 3.63) is 35.9 Å². The summed E-state index contributed by atoms with van der Waals surface area (Å²) >= 11 is 0. The summed E-state index contributed by atoms with van der Waals surface area (Å²) in [5.41, 5.74) is 1.02. The van der Waals surface area contributed by atoms with Crippen LogP contribution in [0.3, 0.4) is 0 Å². The quantitative estimate of drug-likeness (QED) is 0.845. The Morgan fingerprint density at radius 1 is 1.17 bits per heavy atom. The van der Waals surface area contributed by atoms with E-state index in [1.165, 1.54) is 19.3 Å². The van der Waals surface area contributed by atoms with E-state index < -0.39 is 0 Å². The highest BCUT2D eigenvalue weighted by atomic mass is 16.5. The van der Waals surface area contributed by atoms with Gasteiger partial charge in [-0.1, -0.05) is 50.1 Å². The van der Waals surface area contributed by atoms with Gasteiger partial charge in [-0.25, -0.2) is 4.79 Å². The van der Waals surface area contributed by atoms with Crippen molar-refractivity contribution in [2.45, 2.75) is 57.7 Å². The Morgan fingerprint density at radius 2 is 1.96 bits per heavy atom. The molecule has 4 nitrogen and oxygen atoms in total. The number of rotatable bonds is 6. The van der Waals surface area contributed by atoms with Crippen molar-refractivity contribution in [1.82, 2.24) is 10.6 Å².